The van der Waals surface area contributed by atoms with Crippen molar-refractivity contribution in [3.8, 4) is 17.2 Å². The third kappa shape index (κ3) is 4.34. The normalized spacial score (nSPS) is 14.9. The van der Waals surface area contributed by atoms with Gasteiger partial charge in [0.05, 0.1) is 26.0 Å². The number of hydrazine groups is 1. The summed E-state index contributed by atoms with van der Waals surface area (Å²) in [6.07, 6.45) is 2.06. The average Bonchev–Trinajstić information content (AvgIpc) is 3.34. The molecule has 4 aromatic rings. The maximum atomic E-state index is 10.6. The van der Waals surface area contributed by atoms with E-state index >= 15 is 0 Å². The molecule has 3 N–H and O–H groups in total. The molecule has 0 spiro atoms. The van der Waals surface area contributed by atoms with Crippen molar-refractivity contribution in [3.05, 3.63) is 102 Å². The summed E-state index contributed by atoms with van der Waals surface area (Å²) in [7, 11) is 3.28. The quantitative estimate of drug-likeness (QED) is 0.307. The molecule has 35 heavy (non-hydrogen) atoms. The van der Waals surface area contributed by atoms with Gasteiger partial charge < -0.3 is 19.9 Å². The minimum Gasteiger partial charge on any atom is -0.507 e. The molecule has 1 heterocycles. The Labute approximate surface area is 209 Å². The minimum absolute atomic E-state index is 0.145. The molecule has 0 bridgehead atoms. The number of phenolic OH excluding ortho intramolecular Hbond substituents is 1. The van der Waals surface area contributed by atoms with Gasteiger partial charge in [-0.2, -0.15) is 0 Å². The lowest BCUT2D eigenvalue weighted by molar-refractivity contribution is 0.348. The molecular weight excluding hydrogens is 458 g/mol. The smallest absolute Gasteiger partial charge is 0.193 e. The molecule has 0 radical (unpaired) electrons. The van der Waals surface area contributed by atoms with Crippen LogP contribution in [0.1, 0.15) is 17.2 Å². The highest BCUT2D eigenvalue weighted by Crippen LogP contribution is 2.40. The van der Waals surface area contributed by atoms with Crippen LogP contribution >= 0.6 is 12.2 Å². The molecule has 4 aromatic carbocycles. The van der Waals surface area contributed by atoms with Gasteiger partial charge in [0.15, 0.2) is 5.11 Å². The van der Waals surface area contributed by atoms with Crippen molar-refractivity contribution in [2.24, 2.45) is 0 Å². The van der Waals surface area contributed by atoms with E-state index in [1.807, 2.05) is 59.6 Å². The fourth-order valence-electron chi connectivity index (χ4n) is 4.32. The van der Waals surface area contributed by atoms with Gasteiger partial charge in [0.2, 0.25) is 0 Å². The summed E-state index contributed by atoms with van der Waals surface area (Å²) in [6, 6.07) is 26.8. The lowest BCUT2D eigenvalue weighted by Gasteiger charge is -2.29. The number of ether oxygens (including phenoxy) is 2. The lowest BCUT2D eigenvalue weighted by Crippen LogP contribution is -2.42. The van der Waals surface area contributed by atoms with Crippen molar-refractivity contribution < 1.29 is 14.6 Å². The molecule has 1 aliphatic heterocycles. The average molecular weight is 484 g/mol. The number of nitrogens with one attached hydrogen (secondary N) is 2. The highest BCUT2D eigenvalue weighted by Gasteiger charge is 2.31. The van der Waals surface area contributed by atoms with E-state index in [9.17, 15) is 5.11 Å². The lowest BCUT2D eigenvalue weighted by atomic mass is 9.97. The molecule has 7 heteroatoms. The van der Waals surface area contributed by atoms with Gasteiger partial charge in [-0.15, -0.1) is 0 Å². The highest BCUT2D eigenvalue weighted by molar-refractivity contribution is 7.80. The zero-order valence-corrected chi connectivity index (χ0v) is 20.2. The first kappa shape index (κ1) is 22.6. The van der Waals surface area contributed by atoms with Gasteiger partial charge >= 0.3 is 0 Å². The van der Waals surface area contributed by atoms with E-state index in [4.69, 9.17) is 21.7 Å². The molecule has 0 aliphatic carbocycles. The third-order valence-corrected chi connectivity index (χ3v) is 6.34. The molecule has 0 saturated heterocycles. The second-order valence-corrected chi connectivity index (χ2v) is 8.48. The molecule has 1 atom stereocenters. The van der Waals surface area contributed by atoms with Crippen molar-refractivity contribution in [1.82, 2.24) is 10.4 Å². The minimum atomic E-state index is -0.255. The molecule has 176 valence electrons. The molecule has 1 unspecified atom stereocenters. The molecular formula is C28H25N3O3S. The maximum Gasteiger partial charge on any atom is 0.193 e. The van der Waals surface area contributed by atoms with Gasteiger partial charge in [0, 0.05) is 16.6 Å². The van der Waals surface area contributed by atoms with Crippen LogP contribution in [-0.2, 0) is 0 Å². The number of phenols is 1. The van der Waals surface area contributed by atoms with Gasteiger partial charge in [0.25, 0.3) is 0 Å². The monoisotopic (exact) mass is 483 g/mol. The molecule has 1 aliphatic rings. The Morgan fingerprint density at radius 3 is 2.40 bits per heavy atom. The Hall–Kier alpha value is -4.23. The van der Waals surface area contributed by atoms with Gasteiger partial charge in [-0.25, -0.2) is 0 Å². The number of methoxy groups -OCH3 is 2. The van der Waals surface area contributed by atoms with Crippen LogP contribution in [0.2, 0.25) is 0 Å². The zero-order chi connectivity index (χ0) is 24.4. The van der Waals surface area contributed by atoms with Gasteiger partial charge in [-0.05, 0) is 65.6 Å². The van der Waals surface area contributed by atoms with Crippen molar-refractivity contribution >= 4 is 39.5 Å². The standard InChI is InChI=1S/C28H25N3O3S/c1-33-19-12-14-26(32)23(16-19)24-17-25(31(30-24)28(35)29-18-8-4-3-5-9-18)21-13-15-27(34-2)22-11-7-6-10-20(21)22/h3-17,25,30,32H,1-2H3,(H,29,35). The van der Waals surface area contributed by atoms with Crippen LogP contribution in [0, 0.1) is 0 Å². The largest absolute Gasteiger partial charge is 0.507 e. The number of hydrogen-bond donors (Lipinski definition) is 3. The Bertz CT molecular complexity index is 1420. The predicted molar refractivity (Wildman–Crippen MR) is 144 cm³/mol. The van der Waals surface area contributed by atoms with E-state index in [-0.39, 0.29) is 11.8 Å². The summed E-state index contributed by atoms with van der Waals surface area (Å²) >= 11 is 5.84. The highest BCUT2D eigenvalue weighted by atomic mass is 32.1. The topological polar surface area (TPSA) is 66.0 Å². The first-order valence-electron chi connectivity index (χ1n) is 11.2. The van der Waals surface area contributed by atoms with Crippen LogP contribution in [0.25, 0.3) is 16.5 Å². The van der Waals surface area contributed by atoms with E-state index in [1.165, 1.54) is 0 Å². The van der Waals surface area contributed by atoms with E-state index in [2.05, 4.69) is 29.0 Å². The van der Waals surface area contributed by atoms with Crippen LogP contribution in [0.4, 0.5) is 5.69 Å². The summed E-state index contributed by atoms with van der Waals surface area (Å²) < 4.78 is 11.0. The Balaban J connectivity index is 1.61. The van der Waals surface area contributed by atoms with Gasteiger partial charge in [0.1, 0.15) is 17.2 Å². The van der Waals surface area contributed by atoms with Crippen molar-refractivity contribution in [2.45, 2.75) is 6.04 Å². The zero-order valence-electron chi connectivity index (χ0n) is 19.4. The third-order valence-electron chi connectivity index (χ3n) is 6.04. The van der Waals surface area contributed by atoms with Crippen molar-refractivity contribution in [2.75, 3.05) is 19.5 Å². The maximum absolute atomic E-state index is 10.6. The Morgan fingerprint density at radius 2 is 1.66 bits per heavy atom. The fraction of sp³-hybridized carbons (Fsp3) is 0.107. The molecule has 6 nitrogen and oxygen atoms in total. The van der Waals surface area contributed by atoms with Crippen molar-refractivity contribution in [1.29, 1.82) is 0 Å². The van der Waals surface area contributed by atoms with E-state index < -0.39 is 0 Å². The summed E-state index contributed by atoms with van der Waals surface area (Å²) in [5.74, 6) is 1.60. The number of rotatable bonds is 5. The van der Waals surface area contributed by atoms with Crippen LogP contribution in [0.3, 0.4) is 0 Å². The molecule has 0 aromatic heterocycles. The molecule has 0 fully saturated rings. The predicted octanol–water partition coefficient (Wildman–Crippen LogP) is 5.86. The van der Waals surface area contributed by atoms with E-state index in [1.54, 1.807) is 32.4 Å². The number of para-hydroxylation sites is 1. The summed E-state index contributed by atoms with van der Waals surface area (Å²) in [6.45, 7) is 0. The van der Waals surface area contributed by atoms with Crippen LogP contribution in [-0.4, -0.2) is 29.4 Å². The number of thiocarbonyl (C=S) groups is 1. The first-order chi connectivity index (χ1) is 17.1. The second kappa shape index (κ2) is 9.56. The fourth-order valence-corrected chi connectivity index (χ4v) is 4.60. The SMILES string of the molecule is COc1ccc(O)c(C2=CC(c3ccc(OC)c4ccccc34)N(C(=S)Nc3ccccc3)N2)c1. The van der Waals surface area contributed by atoms with E-state index in [0.29, 0.717) is 16.4 Å². The van der Waals surface area contributed by atoms with Gasteiger partial charge in [-0.3, -0.25) is 10.4 Å². The first-order valence-corrected chi connectivity index (χ1v) is 11.6. The van der Waals surface area contributed by atoms with E-state index in [0.717, 1.165) is 33.5 Å². The Kier molecular flexibility index (Phi) is 6.16. The number of nitrogens with zero attached hydrogens (tertiary/aromatic N) is 1. The Morgan fingerprint density at radius 1 is 0.914 bits per heavy atom. The van der Waals surface area contributed by atoms with Crippen molar-refractivity contribution in [3.63, 3.8) is 0 Å². The number of fused-ring (bicyclic) bond motifs is 1. The molecule has 0 amide bonds. The molecule has 5 rings (SSSR count). The summed E-state index contributed by atoms with van der Waals surface area (Å²) in [5, 5.41) is 18.4. The van der Waals surface area contributed by atoms with Gasteiger partial charge in [-0.1, -0.05) is 48.5 Å². The second-order valence-electron chi connectivity index (χ2n) is 8.09. The summed E-state index contributed by atoms with van der Waals surface area (Å²) in [5.41, 5.74) is 6.68. The molecule has 0 saturated carbocycles. The van der Waals surface area contributed by atoms with Crippen LogP contribution in [0.5, 0.6) is 17.2 Å². The van der Waals surface area contributed by atoms with Crippen LogP contribution in [0.15, 0.2) is 91.0 Å². The number of benzene rings is 4. The van der Waals surface area contributed by atoms with Crippen LogP contribution < -0.4 is 20.2 Å². The summed E-state index contributed by atoms with van der Waals surface area (Å²) in [4.78, 5) is 0. The number of hydrogen-bond acceptors (Lipinski definition) is 5. The number of anilines is 1. The number of aromatic hydroxyl groups is 1.